The Bertz CT molecular complexity index is 341. The molecule has 1 heterocycles. The minimum absolute atomic E-state index is 0.211. The van der Waals surface area contributed by atoms with E-state index in [-0.39, 0.29) is 5.92 Å². The zero-order chi connectivity index (χ0) is 11.1. The van der Waals surface area contributed by atoms with Gasteiger partial charge in [0.15, 0.2) is 13.8 Å². The molecule has 0 spiro atoms. The summed E-state index contributed by atoms with van der Waals surface area (Å²) in [5.74, 6) is 0.582. The fourth-order valence-corrected chi connectivity index (χ4v) is 4.95. The number of rotatable bonds is 2. The van der Waals surface area contributed by atoms with Crippen LogP contribution in [0.1, 0.15) is 12.8 Å². The van der Waals surface area contributed by atoms with Crippen LogP contribution in [-0.4, -0.2) is 19.3 Å². The standard InChI is InChI=1S/C11H17O2PSi/c1-15(2,3)13-11-9-7-5-4-6-8(9)10(12)14-11/h4-5,8-9H,6-7H2,1-3H3. The summed E-state index contributed by atoms with van der Waals surface area (Å²) in [6, 6.07) is 0. The minimum atomic E-state index is -1.55. The summed E-state index contributed by atoms with van der Waals surface area (Å²) in [7, 11) is -0.719. The molecule has 0 N–H and O–H groups in total. The molecule has 82 valence electrons. The number of carbonyl (C=O) groups excluding carboxylic acids is 1. The van der Waals surface area contributed by atoms with Gasteiger partial charge in [0.05, 0.1) is 5.48 Å². The summed E-state index contributed by atoms with van der Waals surface area (Å²) in [6.45, 7) is 6.52. The zero-order valence-electron chi connectivity index (χ0n) is 9.49. The van der Waals surface area contributed by atoms with Crippen molar-refractivity contribution in [3.05, 3.63) is 12.2 Å². The number of fused-ring (bicyclic) bond motifs is 1. The van der Waals surface area contributed by atoms with Crippen molar-refractivity contribution in [2.75, 3.05) is 0 Å². The highest BCUT2D eigenvalue weighted by atomic mass is 31.1. The van der Waals surface area contributed by atoms with Gasteiger partial charge in [0, 0.05) is 20.0 Å². The van der Waals surface area contributed by atoms with Gasteiger partial charge in [0.25, 0.3) is 0 Å². The Morgan fingerprint density at radius 1 is 1.27 bits per heavy atom. The van der Waals surface area contributed by atoms with Gasteiger partial charge < -0.3 is 4.43 Å². The van der Waals surface area contributed by atoms with E-state index in [4.69, 9.17) is 4.43 Å². The number of allylic oxidation sites excluding steroid dienone is 2. The van der Waals surface area contributed by atoms with E-state index in [0.29, 0.717) is 11.4 Å². The molecule has 2 nitrogen and oxygen atoms in total. The van der Waals surface area contributed by atoms with Crippen molar-refractivity contribution in [2.45, 2.75) is 32.5 Å². The van der Waals surface area contributed by atoms with Crippen LogP contribution in [0.4, 0.5) is 0 Å². The van der Waals surface area contributed by atoms with E-state index in [2.05, 4.69) is 31.8 Å². The third-order valence-electron chi connectivity index (χ3n) is 2.70. The molecule has 0 aromatic heterocycles. The summed E-state index contributed by atoms with van der Waals surface area (Å²) < 4.78 is 6.03. The topological polar surface area (TPSA) is 26.3 Å². The van der Waals surface area contributed by atoms with Gasteiger partial charge in [-0.2, -0.15) is 0 Å². The van der Waals surface area contributed by atoms with Crippen molar-refractivity contribution in [3.63, 3.8) is 0 Å². The maximum atomic E-state index is 11.8. The lowest BCUT2D eigenvalue weighted by molar-refractivity contribution is -0.115. The summed E-state index contributed by atoms with van der Waals surface area (Å²) in [6.07, 6.45) is 6.22. The second-order valence-corrected chi connectivity index (χ2v) is 10.7. The lowest BCUT2D eigenvalue weighted by Gasteiger charge is -2.26. The van der Waals surface area contributed by atoms with Crippen molar-refractivity contribution >= 4 is 27.5 Å². The molecule has 0 saturated carbocycles. The lowest BCUT2D eigenvalue weighted by Crippen LogP contribution is -2.33. The van der Waals surface area contributed by atoms with Crippen LogP contribution in [0.3, 0.4) is 0 Å². The molecule has 0 amide bonds. The van der Waals surface area contributed by atoms with Gasteiger partial charge in [0.1, 0.15) is 0 Å². The van der Waals surface area contributed by atoms with Gasteiger partial charge in [-0.1, -0.05) is 12.2 Å². The molecule has 2 unspecified atom stereocenters. The van der Waals surface area contributed by atoms with Crippen LogP contribution < -0.4 is 0 Å². The first-order valence-electron chi connectivity index (χ1n) is 5.44. The molecule has 0 saturated heterocycles. The van der Waals surface area contributed by atoms with E-state index in [9.17, 15) is 4.79 Å². The molecule has 0 radical (unpaired) electrons. The Hall–Kier alpha value is -0.243. The zero-order valence-corrected chi connectivity index (χ0v) is 11.4. The van der Waals surface area contributed by atoms with Crippen LogP contribution in [0.2, 0.25) is 19.6 Å². The Morgan fingerprint density at radius 3 is 2.47 bits per heavy atom. The van der Waals surface area contributed by atoms with Crippen LogP contribution >= 0.6 is 8.20 Å². The summed E-state index contributed by atoms with van der Waals surface area (Å²) >= 11 is 0. The van der Waals surface area contributed by atoms with E-state index in [1.54, 1.807) is 0 Å². The van der Waals surface area contributed by atoms with Gasteiger partial charge in [-0.25, -0.2) is 0 Å². The molecule has 0 aromatic rings. The molecule has 4 heteroatoms. The van der Waals surface area contributed by atoms with E-state index in [0.717, 1.165) is 26.5 Å². The van der Waals surface area contributed by atoms with Gasteiger partial charge in [0.2, 0.25) is 0 Å². The highest BCUT2D eigenvalue weighted by molar-refractivity contribution is 7.59. The van der Waals surface area contributed by atoms with Crippen molar-refractivity contribution in [1.82, 2.24) is 0 Å². The highest BCUT2D eigenvalue weighted by Gasteiger charge is 2.39. The molecule has 2 atom stereocenters. The molecular weight excluding hydrogens is 223 g/mol. The molecule has 0 aromatic carbocycles. The van der Waals surface area contributed by atoms with Gasteiger partial charge in [-0.15, -0.1) is 0 Å². The molecule has 0 bridgehead atoms. The average Bonchev–Trinajstić information content (AvgIpc) is 2.42. The van der Waals surface area contributed by atoms with E-state index >= 15 is 0 Å². The van der Waals surface area contributed by atoms with Crippen molar-refractivity contribution in [2.24, 2.45) is 11.8 Å². The molecule has 1 aliphatic carbocycles. The minimum Gasteiger partial charge on any atom is -0.385 e. The SMILES string of the molecule is C[Si](C)(C)OC1=PC(=O)C2CC=CCC12. The van der Waals surface area contributed by atoms with E-state index in [1.807, 2.05) is 0 Å². The fraction of sp³-hybridized carbons (Fsp3) is 0.636. The third kappa shape index (κ3) is 2.47. The first-order valence-corrected chi connectivity index (χ1v) is 9.74. The highest BCUT2D eigenvalue weighted by Crippen LogP contribution is 2.39. The fourth-order valence-electron chi connectivity index (χ4n) is 2.05. The first-order chi connectivity index (χ1) is 6.97. The van der Waals surface area contributed by atoms with Gasteiger partial charge in [-0.3, -0.25) is 4.79 Å². The second-order valence-electron chi connectivity index (χ2n) is 5.16. The van der Waals surface area contributed by atoms with Gasteiger partial charge >= 0.3 is 0 Å². The summed E-state index contributed by atoms with van der Waals surface area (Å²) in [4.78, 5) is 11.8. The van der Waals surface area contributed by atoms with Crippen LogP contribution in [0, 0.1) is 11.8 Å². The Labute approximate surface area is 93.6 Å². The van der Waals surface area contributed by atoms with Crippen molar-refractivity contribution < 1.29 is 9.22 Å². The van der Waals surface area contributed by atoms with Crippen molar-refractivity contribution in [3.8, 4) is 0 Å². The summed E-state index contributed by atoms with van der Waals surface area (Å²) in [5, 5.41) is 0. The average molecular weight is 240 g/mol. The molecule has 1 aliphatic heterocycles. The predicted molar refractivity (Wildman–Crippen MR) is 66.7 cm³/mol. The molecule has 2 rings (SSSR count). The molecule has 2 aliphatic rings. The number of hydrogen-bond acceptors (Lipinski definition) is 2. The molecular formula is C11H17O2PSi. The second kappa shape index (κ2) is 3.97. The van der Waals surface area contributed by atoms with Gasteiger partial charge in [-0.05, 0) is 32.5 Å². The number of hydrogen-bond donors (Lipinski definition) is 0. The lowest BCUT2D eigenvalue weighted by atomic mass is 9.85. The Morgan fingerprint density at radius 2 is 1.87 bits per heavy atom. The summed E-state index contributed by atoms with van der Waals surface area (Å²) in [5.41, 5.74) is 1.41. The quantitative estimate of drug-likeness (QED) is 0.421. The third-order valence-corrected chi connectivity index (χ3v) is 4.90. The normalized spacial score (nSPS) is 31.4. The van der Waals surface area contributed by atoms with Crippen molar-refractivity contribution in [1.29, 1.82) is 0 Å². The van der Waals surface area contributed by atoms with E-state index < -0.39 is 8.32 Å². The largest absolute Gasteiger partial charge is 0.385 e. The molecule has 0 fully saturated rings. The van der Waals surface area contributed by atoms with Crippen LogP contribution in [0.5, 0.6) is 0 Å². The van der Waals surface area contributed by atoms with Crippen LogP contribution in [0.25, 0.3) is 0 Å². The monoisotopic (exact) mass is 240 g/mol. The molecule has 15 heavy (non-hydrogen) atoms. The first kappa shape index (κ1) is 11.2. The maximum absolute atomic E-state index is 11.8. The number of carbonyl (C=O) groups is 1. The smallest absolute Gasteiger partial charge is 0.191 e. The van der Waals surface area contributed by atoms with E-state index in [1.165, 1.54) is 0 Å². The Kier molecular flexibility index (Phi) is 2.97. The predicted octanol–water partition coefficient (Wildman–Crippen LogP) is 3.04. The van der Waals surface area contributed by atoms with Crippen LogP contribution in [0.15, 0.2) is 12.2 Å². The Balaban J connectivity index is 2.16. The van der Waals surface area contributed by atoms with Crippen LogP contribution in [-0.2, 0) is 9.22 Å². The maximum Gasteiger partial charge on any atom is 0.191 e.